The van der Waals surface area contributed by atoms with Crippen LogP contribution in [0, 0.1) is 0 Å². The van der Waals surface area contributed by atoms with E-state index in [9.17, 15) is 18.0 Å². The third kappa shape index (κ3) is 4.39. The van der Waals surface area contributed by atoms with Gasteiger partial charge in [0.25, 0.3) is 0 Å². The summed E-state index contributed by atoms with van der Waals surface area (Å²) in [6.07, 6.45) is -5.44. The van der Waals surface area contributed by atoms with Crippen LogP contribution in [0.4, 0.5) is 23.7 Å². The Morgan fingerprint density at radius 2 is 1.82 bits per heavy atom. The minimum Gasteiger partial charge on any atom is -0.444 e. The van der Waals surface area contributed by atoms with Gasteiger partial charge in [0.2, 0.25) is 0 Å². The molecule has 2 aromatic carbocycles. The van der Waals surface area contributed by atoms with Crippen LogP contribution in [0.2, 0.25) is 5.02 Å². The van der Waals surface area contributed by atoms with Gasteiger partial charge in [-0.15, -0.1) is 0 Å². The summed E-state index contributed by atoms with van der Waals surface area (Å²) in [6, 6.07) is 12.0. The minimum absolute atomic E-state index is 0.0202. The Kier molecular flexibility index (Phi) is 4.92. The molecule has 2 rings (SSSR count). The Balaban J connectivity index is 2.00. The monoisotopic (exact) mass is 329 g/mol. The topological polar surface area (TPSA) is 38.3 Å². The maximum atomic E-state index is 12.7. The van der Waals surface area contributed by atoms with Gasteiger partial charge in [0.1, 0.15) is 6.61 Å². The summed E-state index contributed by atoms with van der Waals surface area (Å²) in [5, 5.41) is 1.80. The lowest BCUT2D eigenvalue weighted by Crippen LogP contribution is -2.14. The largest absolute Gasteiger partial charge is 0.444 e. The number of carbonyl (C=O) groups excluding carboxylic acids is 1. The normalized spacial score (nSPS) is 11.1. The molecular formula is C15H11ClF3NO2. The fourth-order valence-electron chi connectivity index (χ4n) is 1.70. The highest BCUT2D eigenvalue weighted by atomic mass is 35.5. The molecule has 0 aromatic heterocycles. The molecule has 3 nitrogen and oxygen atoms in total. The first-order valence-corrected chi connectivity index (χ1v) is 6.58. The summed E-state index contributed by atoms with van der Waals surface area (Å²) in [4.78, 5) is 11.6. The van der Waals surface area contributed by atoms with E-state index in [1.807, 2.05) is 6.07 Å². The summed E-state index contributed by atoms with van der Waals surface area (Å²) in [6.45, 7) is 0.0202. The Hall–Kier alpha value is -2.21. The zero-order chi connectivity index (χ0) is 16.2. The van der Waals surface area contributed by atoms with Gasteiger partial charge in [-0.1, -0.05) is 41.9 Å². The van der Waals surface area contributed by atoms with E-state index in [-0.39, 0.29) is 12.3 Å². The molecule has 0 saturated carbocycles. The van der Waals surface area contributed by atoms with Crippen molar-refractivity contribution in [2.45, 2.75) is 12.8 Å². The molecule has 22 heavy (non-hydrogen) atoms. The highest BCUT2D eigenvalue weighted by Crippen LogP contribution is 2.36. The van der Waals surface area contributed by atoms with E-state index in [1.165, 1.54) is 6.07 Å². The van der Waals surface area contributed by atoms with Crippen LogP contribution >= 0.6 is 11.6 Å². The van der Waals surface area contributed by atoms with Gasteiger partial charge in [-0.25, -0.2) is 4.79 Å². The van der Waals surface area contributed by atoms with Gasteiger partial charge in [0, 0.05) is 5.69 Å². The Morgan fingerprint density at radius 3 is 2.45 bits per heavy atom. The molecule has 2 aromatic rings. The van der Waals surface area contributed by atoms with Gasteiger partial charge in [-0.3, -0.25) is 5.32 Å². The van der Waals surface area contributed by atoms with Crippen molar-refractivity contribution in [3.63, 3.8) is 0 Å². The molecule has 0 aliphatic heterocycles. The van der Waals surface area contributed by atoms with E-state index in [0.29, 0.717) is 0 Å². The van der Waals surface area contributed by atoms with E-state index in [1.54, 1.807) is 24.3 Å². The number of ether oxygens (including phenoxy) is 1. The molecule has 116 valence electrons. The van der Waals surface area contributed by atoms with E-state index in [4.69, 9.17) is 16.3 Å². The number of alkyl halides is 3. The smallest absolute Gasteiger partial charge is 0.417 e. The number of nitrogens with one attached hydrogen (secondary N) is 1. The van der Waals surface area contributed by atoms with Crippen molar-refractivity contribution in [3.8, 4) is 0 Å². The van der Waals surface area contributed by atoms with Crippen LogP contribution in [0.5, 0.6) is 0 Å². The van der Waals surface area contributed by atoms with Crippen molar-refractivity contribution >= 4 is 23.4 Å². The summed E-state index contributed by atoms with van der Waals surface area (Å²) >= 11 is 5.49. The van der Waals surface area contributed by atoms with Crippen molar-refractivity contribution in [3.05, 3.63) is 64.7 Å². The third-order valence-electron chi connectivity index (χ3n) is 2.73. The van der Waals surface area contributed by atoms with E-state index in [0.717, 1.165) is 17.7 Å². The van der Waals surface area contributed by atoms with Crippen molar-refractivity contribution in [1.29, 1.82) is 0 Å². The first-order chi connectivity index (χ1) is 10.4. The second-order valence-corrected chi connectivity index (χ2v) is 4.79. The van der Waals surface area contributed by atoms with E-state index >= 15 is 0 Å². The number of anilines is 1. The van der Waals surface area contributed by atoms with Crippen LogP contribution < -0.4 is 5.32 Å². The van der Waals surface area contributed by atoms with Crippen LogP contribution in [0.1, 0.15) is 11.1 Å². The quantitative estimate of drug-likeness (QED) is 0.850. The molecule has 1 amide bonds. The highest BCUT2D eigenvalue weighted by Gasteiger charge is 2.33. The molecule has 0 spiro atoms. The number of rotatable bonds is 3. The number of amides is 1. The van der Waals surface area contributed by atoms with Crippen LogP contribution in [0.15, 0.2) is 48.5 Å². The number of hydrogen-bond acceptors (Lipinski definition) is 2. The molecule has 0 heterocycles. The average Bonchev–Trinajstić information content (AvgIpc) is 2.47. The van der Waals surface area contributed by atoms with E-state index < -0.39 is 22.9 Å². The summed E-state index contributed by atoms with van der Waals surface area (Å²) < 4.78 is 43.0. The van der Waals surface area contributed by atoms with Gasteiger partial charge >= 0.3 is 12.3 Å². The van der Waals surface area contributed by atoms with Crippen molar-refractivity contribution < 1.29 is 22.7 Å². The molecule has 1 N–H and O–H groups in total. The number of halogens is 4. The maximum Gasteiger partial charge on any atom is 0.417 e. The fourth-order valence-corrected chi connectivity index (χ4v) is 1.92. The lowest BCUT2D eigenvalue weighted by molar-refractivity contribution is -0.137. The lowest BCUT2D eigenvalue weighted by atomic mass is 10.2. The van der Waals surface area contributed by atoms with Crippen LogP contribution in [-0.4, -0.2) is 6.09 Å². The van der Waals surface area contributed by atoms with Crippen LogP contribution in [0.3, 0.4) is 0 Å². The fraction of sp³-hybridized carbons (Fsp3) is 0.133. The Morgan fingerprint density at radius 1 is 1.14 bits per heavy atom. The number of benzene rings is 2. The predicted molar refractivity (Wildman–Crippen MR) is 76.7 cm³/mol. The second kappa shape index (κ2) is 6.70. The van der Waals surface area contributed by atoms with E-state index in [2.05, 4.69) is 5.32 Å². The Labute approximate surface area is 129 Å². The van der Waals surface area contributed by atoms with Crippen LogP contribution in [-0.2, 0) is 17.5 Å². The Bertz CT molecular complexity index is 660. The first-order valence-electron chi connectivity index (χ1n) is 6.21. The first kappa shape index (κ1) is 16.2. The average molecular weight is 330 g/mol. The molecule has 7 heteroatoms. The third-order valence-corrected chi connectivity index (χ3v) is 3.06. The van der Waals surface area contributed by atoms with Crippen molar-refractivity contribution in [1.82, 2.24) is 0 Å². The van der Waals surface area contributed by atoms with Gasteiger partial charge in [-0.2, -0.15) is 13.2 Å². The molecule has 0 aliphatic rings. The molecule has 0 saturated heterocycles. The molecule has 0 atom stereocenters. The van der Waals surface area contributed by atoms with Crippen molar-refractivity contribution in [2.24, 2.45) is 0 Å². The predicted octanol–water partition coefficient (Wildman–Crippen LogP) is 5.11. The SMILES string of the molecule is O=C(Nc1ccc(Cl)c(C(F)(F)F)c1)OCc1ccccc1. The number of carbonyl (C=O) groups is 1. The van der Waals surface area contributed by atoms with Crippen molar-refractivity contribution in [2.75, 3.05) is 5.32 Å². The number of hydrogen-bond donors (Lipinski definition) is 1. The molecule has 0 fully saturated rings. The molecule has 0 radical (unpaired) electrons. The molecular weight excluding hydrogens is 319 g/mol. The molecule has 0 aliphatic carbocycles. The van der Waals surface area contributed by atoms with Gasteiger partial charge in [0.05, 0.1) is 10.6 Å². The zero-order valence-corrected chi connectivity index (χ0v) is 11.9. The van der Waals surface area contributed by atoms with Gasteiger partial charge < -0.3 is 4.74 Å². The minimum atomic E-state index is -4.59. The molecule has 0 bridgehead atoms. The van der Waals surface area contributed by atoms with Gasteiger partial charge in [0.15, 0.2) is 0 Å². The maximum absolute atomic E-state index is 12.7. The van der Waals surface area contributed by atoms with Gasteiger partial charge in [-0.05, 0) is 23.8 Å². The second-order valence-electron chi connectivity index (χ2n) is 4.38. The highest BCUT2D eigenvalue weighted by molar-refractivity contribution is 6.31. The zero-order valence-electron chi connectivity index (χ0n) is 11.2. The van der Waals surface area contributed by atoms with Crippen LogP contribution in [0.25, 0.3) is 0 Å². The summed E-state index contributed by atoms with van der Waals surface area (Å²) in [5.41, 5.74) is -0.297. The summed E-state index contributed by atoms with van der Waals surface area (Å²) in [5.74, 6) is 0. The lowest BCUT2D eigenvalue weighted by Gasteiger charge is -2.12. The summed E-state index contributed by atoms with van der Waals surface area (Å²) in [7, 11) is 0. The molecule has 0 unspecified atom stereocenters. The standard InChI is InChI=1S/C15H11ClF3NO2/c16-13-7-6-11(8-12(13)15(17,18)19)20-14(21)22-9-10-4-2-1-3-5-10/h1-8H,9H2,(H,20,21).